The molecule has 0 saturated heterocycles. The minimum atomic E-state index is -1.18. The summed E-state index contributed by atoms with van der Waals surface area (Å²) in [5.41, 5.74) is -1.07. The van der Waals surface area contributed by atoms with E-state index in [1.54, 1.807) is 6.92 Å². The fraction of sp³-hybridized carbons (Fsp3) is 0.474. The van der Waals surface area contributed by atoms with E-state index in [0.29, 0.717) is 0 Å². The molecule has 2 rings (SSSR count). The normalized spacial score (nSPS) is 12.7. The maximum Gasteiger partial charge on any atom is 0.328 e. The third kappa shape index (κ3) is 5.07. The summed E-state index contributed by atoms with van der Waals surface area (Å²) in [7, 11) is 0. The Balaban J connectivity index is 2.22. The van der Waals surface area contributed by atoms with Gasteiger partial charge in [-0.15, -0.1) is 0 Å². The maximum atomic E-state index is 12.5. The quantitative estimate of drug-likeness (QED) is 0.648. The molecule has 0 bridgehead atoms. The lowest BCUT2D eigenvalue weighted by atomic mass is 10.1. The van der Waals surface area contributed by atoms with E-state index in [-0.39, 0.29) is 36.0 Å². The number of aliphatic carboxylic acids is 1. The second-order valence-corrected chi connectivity index (χ2v) is 7.35. The van der Waals surface area contributed by atoms with Crippen LogP contribution in [0.2, 0.25) is 0 Å². The van der Waals surface area contributed by atoms with Crippen molar-refractivity contribution in [2.24, 2.45) is 0 Å². The second-order valence-electron chi connectivity index (χ2n) is 7.35. The van der Waals surface area contributed by atoms with Gasteiger partial charge in [0.25, 0.3) is 11.5 Å². The number of H-pyrrole nitrogens is 1. The average molecular weight is 391 g/mol. The number of hydrogen-bond donors (Lipinski definition) is 3. The Labute approximate surface area is 161 Å². The summed E-state index contributed by atoms with van der Waals surface area (Å²) >= 11 is 0. The van der Waals surface area contributed by atoms with Crippen molar-refractivity contribution in [3.8, 4) is 0 Å². The standard InChI is InChI=1S/C19H25N3O6/c1-5-22-16(24)12-7-6-11(10-14(12)21-18(22)27)15(23)20-13(17(25)26)8-9-28-19(2,3)4/h6-7,10,13H,5,8-9H2,1-4H3,(H,20,23)(H,21,27)(H,25,26). The number of fused-ring (bicyclic) bond motifs is 1. The van der Waals surface area contributed by atoms with Gasteiger partial charge in [0.1, 0.15) is 6.04 Å². The first-order valence-electron chi connectivity index (χ1n) is 8.98. The summed E-state index contributed by atoms with van der Waals surface area (Å²) in [5.74, 6) is -1.79. The Morgan fingerprint density at radius 3 is 2.54 bits per heavy atom. The smallest absolute Gasteiger partial charge is 0.328 e. The molecule has 0 fully saturated rings. The molecule has 0 aliphatic carbocycles. The van der Waals surface area contributed by atoms with Gasteiger partial charge >= 0.3 is 11.7 Å². The van der Waals surface area contributed by atoms with Gasteiger partial charge < -0.3 is 20.1 Å². The number of rotatable bonds is 7. The lowest BCUT2D eigenvalue weighted by Gasteiger charge is -2.21. The number of amides is 1. The van der Waals surface area contributed by atoms with E-state index in [9.17, 15) is 24.3 Å². The van der Waals surface area contributed by atoms with E-state index >= 15 is 0 Å². The van der Waals surface area contributed by atoms with Gasteiger partial charge in [0.15, 0.2) is 0 Å². The van der Waals surface area contributed by atoms with Crippen LogP contribution in [0.1, 0.15) is 44.5 Å². The van der Waals surface area contributed by atoms with Crippen LogP contribution in [0, 0.1) is 0 Å². The number of ether oxygens (including phenoxy) is 1. The molecule has 0 aliphatic rings. The highest BCUT2D eigenvalue weighted by atomic mass is 16.5. The number of hydrogen-bond acceptors (Lipinski definition) is 5. The topological polar surface area (TPSA) is 130 Å². The zero-order valence-electron chi connectivity index (χ0n) is 16.4. The molecule has 1 heterocycles. The van der Waals surface area contributed by atoms with E-state index < -0.39 is 34.8 Å². The predicted molar refractivity (Wildman–Crippen MR) is 104 cm³/mol. The molecular formula is C19H25N3O6. The van der Waals surface area contributed by atoms with Crippen LogP contribution in [-0.4, -0.2) is 44.8 Å². The van der Waals surface area contributed by atoms with Crippen molar-refractivity contribution < 1.29 is 19.4 Å². The molecule has 1 atom stereocenters. The lowest BCUT2D eigenvalue weighted by Crippen LogP contribution is -2.42. The highest BCUT2D eigenvalue weighted by Crippen LogP contribution is 2.11. The van der Waals surface area contributed by atoms with Gasteiger partial charge in [0.05, 0.1) is 16.5 Å². The van der Waals surface area contributed by atoms with Crippen molar-refractivity contribution in [2.75, 3.05) is 6.61 Å². The summed E-state index contributed by atoms with van der Waals surface area (Å²) in [4.78, 5) is 50.7. The van der Waals surface area contributed by atoms with Crippen LogP contribution in [0.4, 0.5) is 0 Å². The van der Waals surface area contributed by atoms with Crippen LogP contribution in [0.25, 0.3) is 10.9 Å². The Morgan fingerprint density at radius 1 is 1.29 bits per heavy atom. The van der Waals surface area contributed by atoms with Crippen LogP contribution >= 0.6 is 0 Å². The number of carbonyl (C=O) groups excluding carboxylic acids is 1. The van der Waals surface area contributed by atoms with Crippen molar-refractivity contribution >= 4 is 22.8 Å². The predicted octanol–water partition coefficient (Wildman–Crippen LogP) is 1.10. The maximum absolute atomic E-state index is 12.5. The monoisotopic (exact) mass is 391 g/mol. The van der Waals surface area contributed by atoms with E-state index in [2.05, 4.69) is 10.3 Å². The van der Waals surface area contributed by atoms with Crippen molar-refractivity contribution in [1.82, 2.24) is 14.9 Å². The minimum absolute atomic E-state index is 0.101. The van der Waals surface area contributed by atoms with Crippen molar-refractivity contribution in [3.05, 3.63) is 44.6 Å². The molecule has 9 nitrogen and oxygen atoms in total. The molecule has 0 saturated carbocycles. The number of carboxylic acid groups (broad SMARTS) is 1. The third-order valence-corrected chi connectivity index (χ3v) is 4.11. The molecule has 2 aromatic rings. The molecule has 0 aliphatic heterocycles. The Morgan fingerprint density at radius 2 is 1.96 bits per heavy atom. The Hall–Kier alpha value is -2.94. The molecule has 0 spiro atoms. The van der Waals surface area contributed by atoms with Gasteiger partial charge in [-0.25, -0.2) is 9.59 Å². The van der Waals surface area contributed by atoms with Crippen LogP contribution in [0.3, 0.4) is 0 Å². The minimum Gasteiger partial charge on any atom is -0.480 e. The van der Waals surface area contributed by atoms with E-state index in [4.69, 9.17) is 4.74 Å². The van der Waals surface area contributed by atoms with Crippen LogP contribution in [-0.2, 0) is 16.1 Å². The molecule has 1 aromatic carbocycles. The molecule has 0 radical (unpaired) electrons. The van der Waals surface area contributed by atoms with Crippen LogP contribution in [0.5, 0.6) is 0 Å². The van der Waals surface area contributed by atoms with Crippen molar-refractivity contribution in [3.63, 3.8) is 0 Å². The summed E-state index contributed by atoms with van der Waals surface area (Å²) in [6.45, 7) is 7.63. The van der Waals surface area contributed by atoms with Gasteiger partial charge in [-0.2, -0.15) is 0 Å². The molecule has 1 unspecified atom stereocenters. The first-order valence-corrected chi connectivity index (χ1v) is 8.98. The van der Waals surface area contributed by atoms with Crippen molar-refractivity contribution in [2.45, 2.75) is 52.3 Å². The van der Waals surface area contributed by atoms with E-state index in [1.165, 1.54) is 18.2 Å². The first kappa shape index (κ1) is 21.4. The van der Waals surface area contributed by atoms with Crippen molar-refractivity contribution in [1.29, 1.82) is 0 Å². The molecule has 1 amide bonds. The number of nitrogens with zero attached hydrogens (tertiary/aromatic N) is 1. The number of benzene rings is 1. The number of carboxylic acids is 1. The highest BCUT2D eigenvalue weighted by Gasteiger charge is 2.22. The van der Waals surface area contributed by atoms with Gasteiger partial charge in [-0.3, -0.25) is 14.2 Å². The van der Waals surface area contributed by atoms with Gasteiger partial charge in [-0.1, -0.05) is 0 Å². The molecule has 3 N–H and O–H groups in total. The first-order chi connectivity index (χ1) is 13.0. The Kier molecular flexibility index (Phi) is 6.40. The lowest BCUT2D eigenvalue weighted by molar-refractivity contribution is -0.140. The molecule has 1 aromatic heterocycles. The van der Waals surface area contributed by atoms with Gasteiger partial charge in [-0.05, 0) is 45.9 Å². The third-order valence-electron chi connectivity index (χ3n) is 4.11. The summed E-state index contributed by atoms with van der Waals surface area (Å²) < 4.78 is 6.57. The summed E-state index contributed by atoms with van der Waals surface area (Å²) in [5, 5.41) is 12.1. The van der Waals surface area contributed by atoms with E-state index in [1.807, 2.05) is 20.8 Å². The number of carbonyl (C=O) groups is 2. The zero-order chi connectivity index (χ0) is 21.1. The molecule has 152 valence electrons. The summed E-state index contributed by atoms with van der Waals surface area (Å²) in [6, 6.07) is 3.09. The average Bonchev–Trinajstić information content (AvgIpc) is 2.59. The Bertz CT molecular complexity index is 999. The highest BCUT2D eigenvalue weighted by molar-refractivity contribution is 5.99. The second kappa shape index (κ2) is 8.39. The summed E-state index contributed by atoms with van der Waals surface area (Å²) in [6.07, 6.45) is 0.101. The number of aromatic amines is 1. The number of nitrogens with one attached hydrogen (secondary N) is 2. The zero-order valence-corrected chi connectivity index (χ0v) is 16.4. The molecular weight excluding hydrogens is 366 g/mol. The van der Waals surface area contributed by atoms with Gasteiger partial charge in [0.2, 0.25) is 0 Å². The van der Waals surface area contributed by atoms with Gasteiger partial charge in [0, 0.05) is 25.1 Å². The van der Waals surface area contributed by atoms with Crippen LogP contribution in [0.15, 0.2) is 27.8 Å². The SMILES string of the molecule is CCn1c(=O)[nH]c2cc(C(=O)NC(CCOC(C)(C)C)C(=O)O)ccc2c1=O. The van der Waals surface area contributed by atoms with Crippen LogP contribution < -0.4 is 16.6 Å². The molecule has 9 heteroatoms. The fourth-order valence-corrected chi connectivity index (χ4v) is 2.66. The largest absolute Gasteiger partial charge is 0.480 e. The molecule has 28 heavy (non-hydrogen) atoms. The van der Waals surface area contributed by atoms with E-state index in [0.717, 1.165) is 4.57 Å². The number of aromatic nitrogens is 2. The fourth-order valence-electron chi connectivity index (χ4n) is 2.66.